The molecule has 1 aromatic carbocycles. The molecule has 0 N–H and O–H groups in total. The zero-order valence-corrected chi connectivity index (χ0v) is 18.0. The summed E-state index contributed by atoms with van der Waals surface area (Å²) in [6, 6.07) is 8.01. The van der Waals surface area contributed by atoms with Gasteiger partial charge in [-0.15, -0.1) is 0 Å². The van der Waals surface area contributed by atoms with Crippen LogP contribution in [0.25, 0.3) is 0 Å². The van der Waals surface area contributed by atoms with Crippen molar-refractivity contribution >= 4 is 11.6 Å². The van der Waals surface area contributed by atoms with Crippen molar-refractivity contribution in [2.24, 2.45) is 11.8 Å². The van der Waals surface area contributed by atoms with Gasteiger partial charge < -0.3 is 4.90 Å². The second-order valence-electron chi connectivity index (χ2n) is 8.91. The highest BCUT2D eigenvalue weighted by molar-refractivity contribution is 5.94. The van der Waals surface area contributed by atoms with Crippen LogP contribution < -0.4 is 0 Å². The Kier molecular flexibility index (Phi) is 5.62. The van der Waals surface area contributed by atoms with Crippen molar-refractivity contribution in [1.29, 1.82) is 0 Å². The van der Waals surface area contributed by atoms with E-state index in [2.05, 4.69) is 16.9 Å². The minimum absolute atomic E-state index is 0.0724. The molecule has 30 heavy (non-hydrogen) atoms. The third-order valence-corrected chi connectivity index (χ3v) is 7.06. The Labute approximate surface area is 177 Å². The lowest BCUT2D eigenvalue weighted by Gasteiger charge is -2.47. The molecule has 7 nitrogen and oxygen atoms in total. The Balaban J connectivity index is 1.49. The molecule has 2 aliphatic rings. The van der Waals surface area contributed by atoms with Crippen molar-refractivity contribution < 1.29 is 9.72 Å². The number of hydrogen-bond donors (Lipinski definition) is 0. The van der Waals surface area contributed by atoms with Gasteiger partial charge in [0.15, 0.2) is 0 Å². The summed E-state index contributed by atoms with van der Waals surface area (Å²) in [6.07, 6.45) is 5.94. The number of nitrogens with zero attached hydrogens (tertiary/aromatic N) is 4. The maximum atomic E-state index is 13.2. The van der Waals surface area contributed by atoms with E-state index >= 15 is 0 Å². The van der Waals surface area contributed by atoms with E-state index in [1.165, 1.54) is 19.3 Å². The van der Waals surface area contributed by atoms with Crippen molar-refractivity contribution in [1.82, 2.24) is 14.7 Å². The van der Waals surface area contributed by atoms with Gasteiger partial charge >= 0.3 is 5.69 Å². The van der Waals surface area contributed by atoms with E-state index in [9.17, 15) is 14.9 Å². The molecular formula is C23H30N4O3. The number of hydrogen-bond acceptors (Lipinski definition) is 4. The first-order chi connectivity index (χ1) is 14.4. The second-order valence-corrected chi connectivity index (χ2v) is 8.91. The van der Waals surface area contributed by atoms with Crippen LogP contribution in [0.1, 0.15) is 66.3 Å². The summed E-state index contributed by atoms with van der Waals surface area (Å²) in [5.74, 6) is 1.47. The third-order valence-electron chi connectivity index (χ3n) is 7.06. The first kappa shape index (κ1) is 20.6. The topological polar surface area (TPSA) is 81.3 Å². The lowest BCUT2D eigenvalue weighted by Crippen LogP contribution is -2.52. The van der Waals surface area contributed by atoms with Crippen LogP contribution in [-0.2, 0) is 6.54 Å². The van der Waals surface area contributed by atoms with E-state index in [1.807, 2.05) is 24.3 Å². The van der Waals surface area contributed by atoms with Crippen LogP contribution in [0.15, 0.2) is 24.3 Å². The normalized spacial score (nSPS) is 23.8. The zero-order chi connectivity index (χ0) is 21.4. The number of amides is 1. The smallest absolute Gasteiger partial charge is 0.312 e. The minimum atomic E-state index is -0.381. The molecule has 1 saturated heterocycles. The molecule has 1 aliphatic carbocycles. The highest BCUT2D eigenvalue weighted by Gasteiger charge is 2.39. The molecule has 0 radical (unpaired) electrons. The van der Waals surface area contributed by atoms with E-state index in [1.54, 1.807) is 18.5 Å². The summed E-state index contributed by atoms with van der Waals surface area (Å²) >= 11 is 0. The number of aryl methyl sites for hydroxylation is 1. The van der Waals surface area contributed by atoms with Gasteiger partial charge in [-0.2, -0.15) is 5.10 Å². The lowest BCUT2D eigenvalue weighted by atomic mass is 9.72. The van der Waals surface area contributed by atoms with Crippen LogP contribution in [0.2, 0.25) is 0 Å². The van der Waals surface area contributed by atoms with Crippen LogP contribution in [0, 0.1) is 35.8 Å². The molecule has 2 aromatic rings. The number of benzene rings is 1. The number of aromatic nitrogens is 2. The summed E-state index contributed by atoms with van der Waals surface area (Å²) < 4.78 is 1.66. The third kappa shape index (κ3) is 3.73. The number of likely N-dealkylation sites (tertiary alicyclic amines) is 1. The van der Waals surface area contributed by atoms with Gasteiger partial charge in [0.05, 0.1) is 11.5 Å². The number of piperidine rings is 1. The highest BCUT2D eigenvalue weighted by Crippen LogP contribution is 2.39. The van der Waals surface area contributed by atoms with E-state index in [-0.39, 0.29) is 16.5 Å². The van der Waals surface area contributed by atoms with Crippen LogP contribution in [0.4, 0.5) is 5.69 Å². The van der Waals surface area contributed by atoms with Crippen LogP contribution in [-0.4, -0.2) is 38.1 Å². The standard InChI is InChI=1S/C23H30N4O3/c1-15-12-13-25(21-7-5-4-6-20(15)21)23(28)19-10-8-18(9-11-19)14-26-17(3)22(27(29)30)16(2)24-26/h8-11,15,20-21H,4-7,12-14H2,1-3H3. The minimum Gasteiger partial charge on any atom is -0.335 e. The maximum absolute atomic E-state index is 13.2. The quantitative estimate of drug-likeness (QED) is 0.549. The highest BCUT2D eigenvalue weighted by atomic mass is 16.6. The van der Waals surface area contributed by atoms with Crippen LogP contribution in [0.5, 0.6) is 0 Å². The van der Waals surface area contributed by atoms with Crippen molar-refractivity contribution in [2.75, 3.05) is 6.54 Å². The molecule has 0 spiro atoms. The van der Waals surface area contributed by atoms with E-state index < -0.39 is 0 Å². The fourth-order valence-electron chi connectivity index (χ4n) is 5.36. The predicted molar refractivity (Wildman–Crippen MR) is 114 cm³/mol. The van der Waals surface area contributed by atoms with Gasteiger partial charge in [-0.1, -0.05) is 31.9 Å². The Morgan fingerprint density at radius 2 is 1.87 bits per heavy atom. The van der Waals surface area contributed by atoms with Gasteiger partial charge in [-0.05, 0) is 62.6 Å². The molecule has 1 amide bonds. The fourth-order valence-corrected chi connectivity index (χ4v) is 5.36. The van der Waals surface area contributed by atoms with Crippen LogP contribution >= 0.6 is 0 Å². The number of fused-ring (bicyclic) bond motifs is 1. The molecule has 3 unspecified atom stereocenters. The van der Waals surface area contributed by atoms with Crippen LogP contribution in [0.3, 0.4) is 0 Å². The predicted octanol–water partition coefficient (Wildman–Crippen LogP) is 4.50. The molecule has 0 bridgehead atoms. The van der Waals surface area contributed by atoms with Gasteiger partial charge in [0, 0.05) is 18.2 Å². The number of carbonyl (C=O) groups is 1. The molecule has 7 heteroatoms. The molecule has 1 aromatic heterocycles. The van der Waals surface area contributed by atoms with E-state index in [0.29, 0.717) is 35.8 Å². The van der Waals surface area contributed by atoms with Crippen molar-refractivity contribution in [3.63, 3.8) is 0 Å². The first-order valence-corrected chi connectivity index (χ1v) is 10.9. The first-order valence-electron chi connectivity index (χ1n) is 10.9. The molecule has 4 rings (SSSR count). The van der Waals surface area contributed by atoms with Gasteiger partial charge in [-0.3, -0.25) is 19.6 Å². The summed E-state index contributed by atoms with van der Waals surface area (Å²) in [5, 5.41) is 15.5. The van der Waals surface area contributed by atoms with Crippen molar-refractivity contribution in [3.8, 4) is 0 Å². The van der Waals surface area contributed by atoms with Crippen molar-refractivity contribution in [3.05, 3.63) is 56.9 Å². The van der Waals surface area contributed by atoms with Gasteiger partial charge in [-0.25, -0.2) is 0 Å². The summed E-state index contributed by atoms with van der Waals surface area (Å²) in [7, 11) is 0. The lowest BCUT2D eigenvalue weighted by molar-refractivity contribution is -0.386. The maximum Gasteiger partial charge on any atom is 0.312 e. The summed E-state index contributed by atoms with van der Waals surface area (Å²) in [4.78, 5) is 26.2. The molecule has 1 aliphatic heterocycles. The van der Waals surface area contributed by atoms with Gasteiger partial charge in [0.1, 0.15) is 11.4 Å². The Bertz CT molecular complexity index is 950. The molecule has 2 heterocycles. The number of rotatable bonds is 4. The summed E-state index contributed by atoms with van der Waals surface area (Å²) in [5.41, 5.74) is 2.73. The average Bonchev–Trinajstić information content (AvgIpc) is 3.01. The Hall–Kier alpha value is -2.70. The van der Waals surface area contributed by atoms with E-state index in [4.69, 9.17) is 0 Å². The van der Waals surface area contributed by atoms with Gasteiger partial charge in [0.2, 0.25) is 0 Å². The molecule has 1 saturated carbocycles. The largest absolute Gasteiger partial charge is 0.335 e. The molecule has 3 atom stereocenters. The monoisotopic (exact) mass is 410 g/mol. The van der Waals surface area contributed by atoms with Crippen molar-refractivity contribution in [2.45, 2.75) is 65.5 Å². The molecular weight excluding hydrogens is 380 g/mol. The SMILES string of the molecule is Cc1nn(Cc2ccc(C(=O)N3CCC(C)C4CCCCC43)cc2)c(C)c1[N+](=O)[O-]. The molecule has 160 valence electrons. The zero-order valence-electron chi connectivity index (χ0n) is 18.0. The number of carbonyl (C=O) groups excluding carboxylic acids is 1. The fraction of sp³-hybridized carbons (Fsp3) is 0.565. The van der Waals surface area contributed by atoms with Gasteiger partial charge in [0.25, 0.3) is 5.91 Å². The Morgan fingerprint density at radius 1 is 1.17 bits per heavy atom. The Morgan fingerprint density at radius 3 is 2.53 bits per heavy atom. The van der Waals surface area contributed by atoms with E-state index in [0.717, 1.165) is 30.5 Å². The molecule has 2 fully saturated rings. The number of nitro groups is 1. The summed E-state index contributed by atoms with van der Waals surface area (Å²) in [6.45, 7) is 7.00. The average molecular weight is 411 g/mol. The second kappa shape index (κ2) is 8.20.